The molecule has 3 aromatic rings. The van der Waals surface area contributed by atoms with Crippen molar-refractivity contribution in [1.82, 2.24) is 14.7 Å². The molecule has 2 aromatic carbocycles. The fourth-order valence-corrected chi connectivity index (χ4v) is 4.34. The number of benzene rings is 2. The van der Waals surface area contributed by atoms with E-state index in [0.717, 1.165) is 23.5 Å². The number of halogens is 3. The maximum atomic E-state index is 13.6. The smallest absolute Gasteiger partial charge is 0.416 e. The van der Waals surface area contributed by atoms with Gasteiger partial charge in [-0.1, -0.05) is 30.3 Å². The first-order valence-corrected chi connectivity index (χ1v) is 13.1. The van der Waals surface area contributed by atoms with E-state index in [1.54, 1.807) is 4.90 Å². The number of carbonyl (C=O) groups is 2. The number of anilines is 1. The summed E-state index contributed by atoms with van der Waals surface area (Å²) in [6.07, 6.45) is -4.48. The second kappa shape index (κ2) is 13.5. The van der Waals surface area contributed by atoms with Gasteiger partial charge in [-0.15, -0.1) is 0 Å². The first-order valence-electron chi connectivity index (χ1n) is 13.1. The average molecular weight is 559 g/mol. The van der Waals surface area contributed by atoms with Crippen molar-refractivity contribution in [3.8, 4) is 0 Å². The molecule has 1 N–H and O–H groups in total. The lowest BCUT2D eigenvalue weighted by molar-refractivity contribution is -0.137. The minimum absolute atomic E-state index is 0.203. The number of ether oxygens (including phenoxy) is 1. The molecule has 0 radical (unpaired) electrons. The van der Waals surface area contributed by atoms with Crippen LogP contribution < -0.4 is 5.32 Å². The molecule has 11 heteroatoms. The van der Waals surface area contributed by atoms with Crippen molar-refractivity contribution in [1.29, 1.82) is 0 Å². The third kappa shape index (κ3) is 8.59. The Hall–Kier alpha value is -3.83. The number of carbonyl (C=O) groups excluding carboxylic acids is 2. The Bertz CT molecular complexity index is 1240. The summed E-state index contributed by atoms with van der Waals surface area (Å²) >= 11 is 0. The van der Waals surface area contributed by atoms with Gasteiger partial charge in [0.25, 0.3) is 0 Å². The van der Waals surface area contributed by atoms with Crippen molar-refractivity contribution in [2.45, 2.75) is 26.2 Å². The molecular formula is C29H33F3N4O4. The van der Waals surface area contributed by atoms with Gasteiger partial charge in [0.2, 0.25) is 5.91 Å². The highest BCUT2D eigenvalue weighted by Gasteiger charge is 2.30. The minimum atomic E-state index is -4.48. The SMILES string of the molecule is Cc1ccc(CN(Cc2ccccc2)C(=O)CN(CCN2CCOCC2)C(=O)Nc2ccc(C(F)(F)F)cc2)o1. The predicted octanol–water partition coefficient (Wildman–Crippen LogP) is 5.00. The molecule has 0 atom stereocenters. The Kier molecular flexibility index (Phi) is 9.84. The van der Waals surface area contributed by atoms with Crippen molar-refractivity contribution in [3.05, 3.63) is 89.4 Å². The number of aryl methyl sites for hydroxylation is 1. The zero-order chi connectivity index (χ0) is 28.5. The second-order valence-corrected chi connectivity index (χ2v) is 9.63. The number of rotatable bonds is 10. The van der Waals surface area contributed by atoms with Crippen molar-refractivity contribution >= 4 is 17.6 Å². The predicted molar refractivity (Wildman–Crippen MR) is 143 cm³/mol. The first-order chi connectivity index (χ1) is 19.2. The number of hydrogen-bond donors (Lipinski definition) is 1. The van der Waals surface area contributed by atoms with Gasteiger partial charge in [-0.25, -0.2) is 4.79 Å². The number of furan rings is 1. The van der Waals surface area contributed by atoms with Gasteiger partial charge in [0.05, 0.1) is 25.3 Å². The first kappa shape index (κ1) is 29.2. The molecule has 1 aromatic heterocycles. The molecule has 8 nitrogen and oxygen atoms in total. The normalized spacial score (nSPS) is 14.1. The standard InChI is InChI=1S/C29H33F3N4O4/c1-22-7-12-26(40-22)20-36(19-23-5-3-2-4-6-23)27(37)21-35(14-13-34-15-17-39-18-16-34)28(38)33-25-10-8-24(9-11-25)29(30,31)32/h2-12H,13-21H2,1H3,(H,33,38). The molecule has 2 heterocycles. The van der Waals surface area contributed by atoms with Gasteiger partial charge >= 0.3 is 12.2 Å². The van der Waals surface area contributed by atoms with Crippen LogP contribution in [0.25, 0.3) is 0 Å². The number of amides is 3. The summed E-state index contributed by atoms with van der Waals surface area (Å²) in [5, 5.41) is 2.64. The maximum absolute atomic E-state index is 13.6. The summed E-state index contributed by atoms with van der Waals surface area (Å²) in [4.78, 5) is 32.1. The number of morpholine rings is 1. The van der Waals surface area contributed by atoms with E-state index in [4.69, 9.17) is 9.15 Å². The van der Waals surface area contributed by atoms with E-state index in [0.29, 0.717) is 45.2 Å². The van der Waals surface area contributed by atoms with Gasteiger partial charge in [-0.2, -0.15) is 13.2 Å². The van der Waals surface area contributed by atoms with Crippen molar-refractivity contribution in [2.75, 3.05) is 51.3 Å². The highest BCUT2D eigenvalue weighted by Crippen LogP contribution is 2.29. The van der Waals surface area contributed by atoms with Crippen molar-refractivity contribution in [3.63, 3.8) is 0 Å². The third-order valence-corrected chi connectivity index (χ3v) is 6.58. The lowest BCUT2D eigenvalue weighted by Crippen LogP contribution is -2.48. The van der Waals surface area contributed by atoms with E-state index in [1.165, 1.54) is 17.0 Å². The Morgan fingerprint density at radius 1 is 0.925 bits per heavy atom. The van der Waals surface area contributed by atoms with E-state index >= 15 is 0 Å². The molecule has 214 valence electrons. The zero-order valence-corrected chi connectivity index (χ0v) is 22.3. The Balaban J connectivity index is 1.49. The van der Waals surface area contributed by atoms with E-state index in [9.17, 15) is 22.8 Å². The summed E-state index contributed by atoms with van der Waals surface area (Å²) in [5.41, 5.74) is 0.316. The van der Waals surface area contributed by atoms with Crippen LogP contribution in [0.5, 0.6) is 0 Å². The lowest BCUT2D eigenvalue weighted by atomic mass is 10.2. The minimum Gasteiger partial charge on any atom is -0.464 e. The van der Waals surface area contributed by atoms with Crippen LogP contribution in [-0.2, 0) is 28.8 Å². The summed E-state index contributed by atoms with van der Waals surface area (Å²) in [7, 11) is 0. The van der Waals surface area contributed by atoms with E-state index < -0.39 is 17.8 Å². The van der Waals surface area contributed by atoms with Gasteiger partial charge in [0.15, 0.2) is 0 Å². The number of nitrogens with zero attached hydrogens (tertiary/aromatic N) is 3. The highest BCUT2D eigenvalue weighted by atomic mass is 19.4. The van der Waals surface area contributed by atoms with Gasteiger partial charge in [-0.3, -0.25) is 9.69 Å². The summed E-state index contributed by atoms with van der Waals surface area (Å²) in [5.74, 6) is 1.06. The molecule has 0 spiro atoms. The van der Waals surface area contributed by atoms with Crippen LogP contribution in [0.1, 0.15) is 22.6 Å². The Morgan fingerprint density at radius 2 is 1.62 bits per heavy atom. The van der Waals surface area contributed by atoms with Gasteiger partial charge in [0.1, 0.15) is 18.1 Å². The van der Waals surface area contributed by atoms with Crippen LogP contribution in [0.4, 0.5) is 23.7 Å². The molecule has 3 amide bonds. The van der Waals surface area contributed by atoms with Crippen LogP contribution in [0, 0.1) is 6.92 Å². The molecule has 4 rings (SSSR count). The number of urea groups is 1. The molecule has 0 unspecified atom stereocenters. The van der Waals surface area contributed by atoms with E-state index in [2.05, 4.69) is 10.2 Å². The molecule has 0 bridgehead atoms. The summed E-state index contributed by atoms with van der Waals surface area (Å²) in [6.45, 7) is 5.50. The summed E-state index contributed by atoms with van der Waals surface area (Å²) < 4.78 is 50.0. The molecule has 1 fully saturated rings. The van der Waals surface area contributed by atoms with Crippen LogP contribution in [0.15, 0.2) is 71.1 Å². The molecule has 40 heavy (non-hydrogen) atoms. The van der Waals surface area contributed by atoms with Crippen LogP contribution >= 0.6 is 0 Å². The molecular weight excluding hydrogens is 525 g/mol. The fourth-order valence-electron chi connectivity index (χ4n) is 4.34. The molecule has 0 aliphatic carbocycles. The Morgan fingerprint density at radius 3 is 2.25 bits per heavy atom. The number of alkyl halides is 3. The molecule has 1 aliphatic heterocycles. The van der Waals surface area contributed by atoms with Gasteiger partial charge < -0.3 is 24.3 Å². The summed E-state index contributed by atoms with van der Waals surface area (Å²) in [6, 6.07) is 16.8. The maximum Gasteiger partial charge on any atom is 0.416 e. The van der Waals surface area contributed by atoms with Gasteiger partial charge in [0, 0.05) is 38.4 Å². The quantitative estimate of drug-likeness (QED) is 0.379. The third-order valence-electron chi connectivity index (χ3n) is 6.58. The second-order valence-electron chi connectivity index (χ2n) is 9.63. The zero-order valence-electron chi connectivity index (χ0n) is 22.3. The largest absolute Gasteiger partial charge is 0.464 e. The van der Waals surface area contributed by atoms with Gasteiger partial charge in [-0.05, 0) is 48.9 Å². The van der Waals surface area contributed by atoms with Crippen molar-refractivity contribution in [2.24, 2.45) is 0 Å². The molecule has 1 saturated heterocycles. The Labute approximate surface area is 231 Å². The average Bonchev–Trinajstić information content (AvgIpc) is 3.35. The number of nitrogens with one attached hydrogen (secondary N) is 1. The van der Waals surface area contributed by atoms with E-state index in [1.807, 2.05) is 49.4 Å². The molecule has 0 saturated carbocycles. The monoisotopic (exact) mass is 558 g/mol. The van der Waals surface area contributed by atoms with Crippen molar-refractivity contribution < 1.29 is 31.9 Å². The lowest BCUT2D eigenvalue weighted by Gasteiger charge is -2.31. The van der Waals surface area contributed by atoms with Crippen LogP contribution in [0.3, 0.4) is 0 Å². The van der Waals surface area contributed by atoms with E-state index in [-0.39, 0.29) is 31.2 Å². The topological polar surface area (TPSA) is 78.3 Å². The number of hydrogen-bond acceptors (Lipinski definition) is 5. The van der Waals surface area contributed by atoms with Crippen LogP contribution in [-0.4, -0.2) is 72.6 Å². The van der Waals surface area contributed by atoms with Crippen LogP contribution in [0.2, 0.25) is 0 Å². The molecule has 1 aliphatic rings. The highest BCUT2D eigenvalue weighted by molar-refractivity contribution is 5.92. The fraction of sp³-hybridized carbons (Fsp3) is 0.379.